The Kier molecular flexibility index (Phi) is 5.19. The normalized spacial score (nSPS) is 10.3. The summed E-state index contributed by atoms with van der Waals surface area (Å²) < 4.78 is 7.84. The number of carbonyl (C=O) groups is 1. The van der Waals surface area contributed by atoms with Gasteiger partial charge in [-0.15, -0.1) is 0 Å². The number of hydrogen-bond donors (Lipinski definition) is 0. The highest BCUT2D eigenvalue weighted by Crippen LogP contribution is 2.24. The first-order chi connectivity index (χ1) is 12.6. The summed E-state index contributed by atoms with van der Waals surface area (Å²) in [6, 6.07) is 21.6. The van der Waals surface area contributed by atoms with Crippen molar-refractivity contribution in [3.8, 4) is 17.5 Å². The molecule has 0 saturated heterocycles. The molecule has 0 spiro atoms. The molecule has 1 aromatic heterocycles. The van der Waals surface area contributed by atoms with Crippen LogP contribution < -0.4 is 4.74 Å². The van der Waals surface area contributed by atoms with Crippen LogP contribution in [-0.4, -0.2) is 10.4 Å². The predicted molar refractivity (Wildman–Crippen MR) is 101 cm³/mol. The molecule has 0 aliphatic rings. The van der Waals surface area contributed by atoms with Crippen molar-refractivity contribution in [2.75, 3.05) is 0 Å². The highest BCUT2D eigenvalue weighted by molar-refractivity contribution is 5.98. The maximum atomic E-state index is 12.1. The number of carbonyl (C=O) groups excluding carboxylic acids is 1. The molecule has 0 N–H and O–H groups in total. The molecule has 0 amide bonds. The third-order valence-electron chi connectivity index (χ3n) is 4.31. The summed E-state index contributed by atoms with van der Waals surface area (Å²) >= 11 is 0. The number of nitriles is 1. The van der Waals surface area contributed by atoms with Gasteiger partial charge in [-0.3, -0.25) is 4.79 Å². The maximum absolute atomic E-state index is 12.1. The fourth-order valence-corrected chi connectivity index (χ4v) is 3.04. The number of hydrogen-bond acceptors (Lipinski definition) is 3. The molecule has 0 radical (unpaired) electrons. The van der Waals surface area contributed by atoms with Gasteiger partial charge in [-0.25, -0.2) is 0 Å². The number of ketones is 1. The Morgan fingerprint density at radius 2 is 1.77 bits per heavy atom. The largest absolute Gasteiger partial charge is 0.489 e. The molecular weight excluding hydrogens is 324 g/mol. The van der Waals surface area contributed by atoms with Gasteiger partial charge in [0.25, 0.3) is 0 Å². The topological polar surface area (TPSA) is 55.0 Å². The molecule has 2 aromatic carbocycles. The second-order valence-electron chi connectivity index (χ2n) is 6.15. The number of aromatic nitrogens is 1. The Morgan fingerprint density at radius 1 is 1.08 bits per heavy atom. The highest BCUT2D eigenvalue weighted by atomic mass is 16.5. The van der Waals surface area contributed by atoms with E-state index in [1.54, 1.807) is 0 Å². The van der Waals surface area contributed by atoms with E-state index in [0.29, 0.717) is 12.2 Å². The van der Waals surface area contributed by atoms with Crippen LogP contribution in [-0.2, 0) is 6.61 Å². The first-order valence-corrected chi connectivity index (χ1v) is 8.46. The van der Waals surface area contributed by atoms with Crippen molar-refractivity contribution in [2.45, 2.75) is 26.9 Å². The van der Waals surface area contributed by atoms with Gasteiger partial charge in [0.05, 0.1) is 12.5 Å². The summed E-state index contributed by atoms with van der Waals surface area (Å²) in [5.41, 5.74) is 4.49. The van der Waals surface area contributed by atoms with E-state index in [2.05, 4.69) is 0 Å². The molecule has 1 heterocycles. The van der Waals surface area contributed by atoms with Gasteiger partial charge in [-0.05, 0) is 49.7 Å². The lowest BCUT2D eigenvalue weighted by Gasteiger charge is -2.11. The average molecular weight is 344 g/mol. The molecule has 3 rings (SSSR count). The van der Waals surface area contributed by atoms with Crippen molar-refractivity contribution in [3.05, 3.63) is 83.2 Å². The Morgan fingerprint density at radius 3 is 2.42 bits per heavy atom. The van der Waals surface area contributed by atoms with Gasteiger partial charge in [0.1, 0.15) is 12.4 Å². The van der Waals surface area contributed by atoms with E-state index in [4.69, 9.17) is 10.00 Å². The average Bonchev–Trinajstić information content (AvgIpc) is 2.96. The van der Waals surface area contributed by atoms with Gasteiger partial charge in [-0.2, -0.15) is 5.26 Å². The molecular formula is C22H20N2O2. The number of aryl methyl sites for hydroxylation is 1. The molecule has 0 atom stereocenters. The fraction of sp³-hybridized carbons (Fsp3) is 0.182. The van der Waals surface area contributed by atoms with Crippen molar-refractivity contribution >= 4 is 5.78 Å². The van der Waals surface area contributed by atoms with Crippen LogP contribution in [0.1, 0.15) is 33.7 Å². The van der Waals surface area contributed by atoms with E-state index in [0.717, 1.165) is 28.4 Å². The van der Waals surface area contributed by atoms with Crippen molar-refractivity contribution in [3.63, 3.8) is 0 Å². The number of rotatable bonds is 6. The van der Waals surface area contributed by atoms with E-state index < -0.39 is 0 Å². The molecule has 4 nitrogen and oxygen atoms in total. The number of Topliss-reactive ketones (excluding diaryl/α,β-unsaturated/α-hetero) is 1. The first-order valence-electron chi connectivity index (χ1n) is 8.46. The summed E-state index contributed by atoms with van der Waals surface area (Å²) in [5.74, 6) is 0.649. The van der Waals surface area contributed by atoms with Crippen LogP contribution in [0.4, 0.5) is 0 Å². The van der Waals surface area contributed by atoms with Crippen molar-refractivity contribution in [1.29, 1.82) is 5.26 Å². The van der Waals surface area contributed by atoms with Crippen LogP contribution in [0.5, 0.6) is 5.75 Å². The SMILES string of the molecule is Cc1cc(C(=O)CC#N)c(C)n1-c1ccc(OCc2ccccc2)cc1. The fourth-order valence-electron chi connectivity index (χ4n) is 3.04. The molecule has 0 unspecified atom stereocenters. The Bertz CT molecular complexity index is 948. The van der Waals surface area contributed by atoms with Gasteiger partial charge in [0, 0.05) is 22.6 Å². The van der Waals surface area contributed by atoms with E-state index in [-0.39, 0.29) is 12.2 Å². The molecule has 3 aromatic rings. The van der Waals surface area contributed by atoms with Crippen LogP contribution in [0, 0.1) is 25.2 Å². The van der Waals surface area contributed by atoms with Gasteiger partial charge >= 0.3 is 0 Å². The third kappa shape index (κ3) is 3.68. The summed E-state index contributed by atoms with van der Waals surface area (Å²) in [7, 11) is 0. The van der Waals surface area contributed by atoms with Crippen molar-refractivity contribution in [1.82, 2.24) is 4.57 Å². The van der Waals surface area contributed by atoms with E-state index in [9.17, 15) is 4.79 Å². The maximum Gasteiger partial charge on any atom is 0.178 e. The first kappa shape index (κ1) is 17.5. The highest BCUT2D eigenvalue weighted by Gasteiger charge is 2.16. The van der Waals surface area contributed by atoms with Crippen molar-refractivity contribution < 1.29 is 9.53 Å². The summed E-state index contributed by atoms with van der Waals surface area (Å²) in [5, 5.41) is 8.75. The standard InChI is InChI=1S/C22H20N2O2/c1-16-14-21(22(25)12-13-23)17(2)24(16)19-8-10-20(11-9-19)26-15-18-6-4-3-5-7-18/h3-11,14H,12,15H2,1-2H3. The smallest absolute Gasteiger partial charge is 0.178 e. The second kappa shape index (κ2) is 7.71. The summed E-state index contributed by atoms with van der Waals surface area (Å²) in [4.78, 5) is 12.1. The Hall–Kier alpha value is -3.32. The zero-order chi connectivity index (χ0) is 18.5. The van der Waals surface area contributed by atoms with E-state index >= 15 is 0 Å². The summed E-state index contributed by atoms with van der Waals surface area (Å²) in [6.45, 7) is 4.38. The minimum Gasteiger partial charge on any atom is -0.489 e. The quantitative estimate of drug-likeness (QED) is 0.605. The molecule has 4 heteroatoms. The van der Waals surface area contributed by atoms with Gasteiger partial charge in [-0.1, -0.05) is 30.3 Å². The zero-order valence-corrected chi connectivity index (χ0v) is 14.9. The minimum absolute atomic E-state index is 0.101. The van der Waals surface area contributed by atoms with Gasteiger partial charge in [0.15, 0.2) is 5.78 Å². The van der Waals surface area contributed by atoms with Crippen molar-refractivity contribution in [2.24, 2.45) is 0 Å². The monoisotopic (exact) mass is 344 g/mol. The second-order valence-corrected chi connectivity index (χ2v) is 6.15. The number of ether oxygens (including phenoxy) is 1. The molecule has 0 fully saturated rings. The van der Waals surface area contributed by atoms with Crippen LogP contribution in [0.15, 0.2) is 60.7 Å². The molecule has 26 heavy (non-hydrogen) atoms. The van der Waals surface area contributed by atoms with E-state index in [1.165, 1.54) is 0 Å². The van der Waals surface area contributed by atoms with Crippen LogP contribution in [0.25, 0.3) is 5.69 Å². The van der Waals surface area contributed by atoms with Crippen LogP contribution in [0.3, 0.4) is 0 Å². The predicted octanol–water partition coefficient (Wildman–Crippen LogP) is 4.77. The molecule has 0 saturated carbocycles. The van der Waals surface area contributed by atoms with E-state index in [1.807, 2.05) is 85.1 Å². The van der Waals surface area contributed by atoms with Gasteiger partial charge in [0.2, 0.25) is 0 Å². The minimum atomic E-state index is -0.144. The lowest BCUT2D eigenvalue weighted by atomic mass is 10.1. The Labute approximate surface area is 153 Å². The van der Waals surface area contributed by atoms with Crippen LogP contribution >= 0.6 is 0 Å². The van der Waals surface area contributed by atoms with Crippen LogP contribution in [0.2, 0.25) is 0 Å². The van der Waals surface area contributed by atoms with Gasteiger partial charge < -0.3 is 9.30 Å². The number of nitrogens with zero attached hydrogens (tertiary/aromatic N) is 2. The summed E-state index contributed by atoms with van der Waals surface area (Å²) in [6.07, 6.45) is -0.101. The molecule has 0 aliphatic carbocycles. The number of benzene rings is 2. The molecule has 0 aliphatic heterocycles. The zero-order valence-electron chi connectivity index (χ0n) is 14.9. The third-order valence-corrected chi connectivity index (χ3v) is 4.31. The Balaban J connectivity index is 1.78. The lowest BCUT2D eigenvalue weighted by Crippen LogP contribution is -2.03. The molecule has 130 valence electrons. The molecule has 0 bridgehead atoms. The lowest BCUT2D eigenvalue weighted by molar-refractivity contribution is 0.0997.